The maximum absolute atomic E-state index is 12.8. The number of carbonyl (C=O) groups is 1. The summed E-state index contributed by atoms with van der Waals surface area (Å²) in [4.78, 5) is 22.8. The third-order valence-corrected chi connectivity index (χ3v) is 5.52. The summed E-state index contributed by atoms with van der Waals surface area (Å²) < 4.78 is 12.8. The van der Waals surface area contributed by atoms with Gasteiger partial charge in [-0.05, 0) is 48.2 Å². The first-order chi connectivity index (χ1) is 15.5. The number of carbonyl (C=O) groups excluding carboxylic acids is 1. The van der Waals surface area contributed by atoms with Crippen molar-refractivity contribution in [2.24, 2.45) is 11.8 Å². The highest BCUT2D eigenvalue weighted by molar-refractivity contribution is 8.59. The molecule has 4 atom stereocenters. The van der Waals surface area contributed by atoms with E-state index in [9.17, 15) is 19.3 Å². The van der Waals surface area contributed by atoms with Gasteiger partial charge in [0, 0.05) is 31.1 Å². The third kappa shape index (κ3) is 7.91. The van der Waals surface area contributed by atoms with Crippen molar-refractivity contribution in [3.05, 3.63) is 64.0 Å². The Morgan fingerprint density at radius 3 is 2.22 bits per heavy atom. The molecule has 0 spiro atoms. The number of benzene rings is 1. The Morgan fingerprint density at radius 2 is 1.75 bits per heavy atom. The predicted molar refractivity (Wildman–Crippen MR) is 134 cm³/mol. The van der Waals surface area contributed by atoms with Gasteiger partial charge in [-0.1, -0.05) is 38.1 Å². The average molecular weight is 485 g/mol. The van der Waals surface area contributed by atoms with E-state index in [1.807, 2.05) is 18.7 Å². The van der Waals surface area contributed by atoms with E-state index < -0.39 is 6.04 Å². The minimum atomic E-state index is -0.765. The number of rotatable bonds is 4. The molecule has 2 saturated heterocycles. The van der Waals surface area contributed by atoms with Gasteiger partial charge in [-0.15, -0.1) is 23.3 Å². The van der Waals surface area contributed by atoms with Crippen LogP contribution in [0.2, 0.25) is 0 Å². The summed E-state index contributed by atoms with van der Waals surface area (Å²) in [6.07, 6.45) is 6.02. The van der Waals surface area contributed by atoms with Gasteiger partial charge in [0.1, 0.15) is 5.82 Å². The highest BCUT2D eigenvalue weighted by Crippen LogP contribution is 2.25. The van der Waals surface area contributed by atoms with Crippen molar-refractivity contribution < 1.29 is 14.1 Å². The summed E-state index contributed by atoms with van der Waals surface area (Å²) >= 11 is 6.44. The molecule has 10 heteroatoms. The zero-order valence-corrected chi connectivity index (χ0v) is 20.4. The number of amides is 1. The van der Waals surface area contributed by atoms with Crippen LogP contribution in [-0.4, -0.2) is 61.5 Å². The van der Waals surface area contributed by atoms with E-state index in [4.69, 9.17) is 0 Å². The Kier molecular flexibility index (Phi) is 13.2. The molecule has 0 aromatic heterocycles. The Balaban J connectivity index is 0.000000308. The topological polar surface area (TPSA) is 87.5 Å². The molecular weight excluding hydrogens is 451 g/mol. The zero-order chi connectivity index (χ0) is 24.1. The van der Waals surface area contributed by atoms with E-state index >= 15 is 0 Å². The number of hydrogen-bond donors (Lipinski definition) is 4. The van der Waals surface area contributed by atoms with Crippen molar-refractivity contribution in [1.82, 2.24) is 15.5 Å². The number of nitro groups is 1. The summed E-state index contributed by atoms with van der Waals surface area (Å²) in [5.74, 6) is 1.18. The fourth-order valence-corrected chi connectivity index (χ4v) is 3.94. The Hall–Kier alpha value is -1.88. The highest BCUT2D eigenvalue weighted by Gasteiger charge is 2.35. The molecule has 2 N–H and O–H groups in total. The summed E-state index contributed by atoms with van der Waals surface area (Å²) in [5.41, 5.74) is 1.70. The summed E-state index contributed by atoms with van der Waals surface area (Å²) in [6.45, 7) is 8.16. The Labute approximate surface area is 199 Å². The molecular formula is C22H33FN4O3S2. The first kappa shape index (κ1) is 28.2. The molecule has 1 amide bonds. The van der Waals surface area contributed by atoms with Gasteiger partial charge in [-0.3, -0.25) is 14.9 Å². The lowest BCUT2D eigenvalue weighted by atomic mass is 9.94. The number of nitrogens with zero attached hydrogens (tertiary/aromatic N) is 2. The molecule has 2 aliphatic heterocycles. The first-order valence-electron chi connectivity index (χ1n) is 10.6. The molecule has 178 valence electrons. The van der Waals surface area contributed by atoms with Crippen molar-refractivity contribution >= 4 is 35.3 Å². The fourth-order valence-electron chi connectivity index (χ4n) is 3.94. The van der Waals surface area contributed by atoms with Crippen LogP contribution in [0.5, 0.6) is 0 Å². The number of allylic oxidation sites excluding steroid dienone is 2. The third-order valence-electron chi connectivity index (χ3n) is 5.52. The molecule has 4 unspecified atom stereocenters. The van der Waals surface area contributed by atoms with Gasteiger partial charge in [0.25, 0.3) is 0 Å². The average Bonchev–Trinajstić information content (AvgIpc) is 3.44. The van der Waals surface area contributed by atoms with Gasteiger partial charge in [0.05, 0.1) is 6.04 Å². The number of hydrogen-bond acceptors (Lipinski definition) is 7. The van der Waals surface area contributed by atoms with Crippen LogP contribution in [0.4, 0.5) is 4.39 Å². The van der Waals surface area contributed by atoms with Crippen LogP contribution in [0.3, 0.4) is 0 Å². The molecule has 2 fully saturated rings. The maximum Gasteiger partial charge on any atom is 0.250 e. The molecule has 0 bridgehead atoms. The number of fused-ring (bicyclic) bond motifs is 1. The van der Waals surface area contributed by atoms with Gasteiger partial charge >= 0.3 is 0 Å². The second-order valence-corrected chi connectivity index (χ2v) is 7.32. The SMILES string of the molecule is CC.CNC1C=C(c2ccc(F)cc2)C=CC1[N+](=O)[O-].O=CN1CC2CNCC2C1.SS. The lowest BCUT2D eigenvalue weighted by Gasteiger charge is -2.19. The Bertz CT molecular complexity index is 765. The lowest BCUT2D eigenvalue weighted by Crippen LogP contribution is -2.41. The quantitative estimate of drug-likeness (QED) is 0.173. The number of nitrogens with one attached hydrogen (secondary N) is 2. The van der Waals surface area contributed by atoms with Gasteiger partial charge in [-0.2, -0.15) is 0 Å². The van der Waals surface area contributed by atoms with Gasteiger partial charge in [-0.25, -0.2) is 4.39 Å². The normalized spacial score (nSPS) is 25.1. The smallest absolute Gasteiger partial charge is 0.250 e. The predicted octanol–water partition coefficient (Wildman–Crippen LogP) is 3.09. The van der Waals surface area contributed by atoms with Crippen LogP contribution in [0.25, 0.3) is 5.57 Å². The second-order valence-electron chi connectivity index (χ2n) is 7.32. The number of likely N-dealkylation sites (tertiary alicyclic amines) is 1. The highest BCUT2D eigenvalue weighted by atomic mass is 33.1. The van der Waals surface area contributed by atoms with Crippen LogP contribution in [0.15, 0.2) is 42.5 Å². The largest absolute Gasteiger partial charge is 0.345 e. The van der Waals surface area contributed by atoms with Crippen LogP contribution < -0.4 is 10.6 Å². The summed E-state index contributed by atoms with van der Waals surface area (Å²) in [5, 5.41) is 17.1. The van der Waals surface area contributed by atoms with Gasteiger partial charge in [0.2, 0.25) is 12.5 Å². The van der Waals surface area contributed by atoms with E-state index in [1.165, 1.54) is 12.1 Å². The zero-order valence-electron chi connectivity index (χ0n) is 18.6. The van der Waals surface area contributed by atoms with Crippen LogP contribution >= 0.6 is 23.3 Å². The van der Waals surface area contributed by atoms with Crippen molar-refractivity contribution in [1.29, 1.82) is 0 Å². The van der Waals surface area contributed by atoms with E-state index in [0.717, 1.165) is 55.6 Å². The standard InChI is InChI=1S/C13H13FN2O2.C7H12N2O.C2H6.H2S2/c1-15-12-8-10(4-7-13(12)16(17)18)9-2-5-11(14)6-3-9;10-5-9-3-6-1-8-2-7(6)4-9;2*1-2/h2-8,12-13,15H,1H3;5-8H,1-4H2;1-2H3;1-2H. The molecule has 2 heterocycles. The molecule has 1 aromatic rings. The molecule has 1 aliphatic carbocycles. The first-order valence-corrected chi connectivity index (χ1v) is 12.2. The van der Waals surface area contributed by atoms with Crippen LogP contribution in [-0.2, 0) is 4.79 Å². The minimum Gasteiger partial charge on any atom is -0.345 e. The van der Waals surface area contributed by atoms with Crippen molar-refractivity contribution in [3.63, 3.8) is 0 Å². The maximum atomic E-state index is 12.8. The number of halogens is 1. The van der Waals surface area contributed by atoms with Crippen LogP contribution in [0, 0.1) is 27.8 Å². The van der Waals surface area contributed by atoms with E-state index in [0.29, 0.717) is 0 Å². The Morgan fingerprint density at radius 1 is 1.19 bits per heavy atom. The summed E-state index contributed by atoms with van der Waals surface area (Å²) in [7, 11) is 1.68. The summed E-state index contributed by atoms with van der Waals surface area (Å²) in [6, 6.07) is 4.94. The number of thiol groups is 2. The van der Waals surface area contributed by atoms with E-state index in [1.54, 1.807) is 37.4 Å². The molecule has 0 saturated carbocycles. The number of likely N-dealkylation sites (N-methyl/N-ethyl adjacent to an activating group) is 1. The molecule has 3 aliphatic rings. The molecule has 1 aromatic carbocycles. The molecule has 4 rings (SSSR count). The van der Waals surface area contributed by atoms with Crippen molar-refractivity contribution in [3.8, 4) is 0 Å². The second kappa shape index (κ2) is 15.0. The van der Waals surface area contributed by atoms with Crippen molar-refractivity contribution in [2.45, 2.75) is 25.9 Å². The van der Waals surface area contributed by atoms with Crippen LogP contribution in [0.1, 0.15) is 19.4 Å². The lowest BCUT2D eigenvalue weighted by molar-refractivity contribution is -0.511. The molecule has 7 nitrogen and oxygen atoms in total. The monoisotopic (exact) mass is 484 g/mol. The van der Waals surface area contributed by atoms with E-state index in [-0.39, 0.29) is 16.8 Å². The minimum absolute atomic E-state index is 0.299. The van der Waals surface area contributed by atoms with E-state index in [2.05, 4.69) is 34.0 Å². The molecule has 0 radical (unpaired) electrons. The molecule has 32 heavy (non-hydrogen) atoms. The van der Waals surface area contributed by atoms with Gasteiger partial charge < -0.3 is 15.5 Å². The van der Waals surface area contributed by atoms with Crippen molar-refractivity contribution in [2.75, 3.05) is 33.2 Å². The van der Waals surface area contributed by atoms with Gasteiger partial charge in [0.15, 0.2) is 0 Å². The fraction of sp³-hybridized carbons (Fsp3) is 0.500.